The van der Waals surface area contributed by atoms with Crippen molar-refractivity contribution in [1.82, 2.24) is 9.55 Å². The van der Waals surface area contributed by atoms with E-state index in [0.29, 0.717) is 17.3 Å². The van der Waals surface area contributed by atoms with E-state index in [1.54, 1.807) is 12.3 Å². The molecule has 0 saturated carbocycles. The third kappa shape index (κ3) is 2.36. The van der Waals surface area contributed by atoms with E-state index in [0.717, 1.165) is 11.5 Å². The fraction of sp³-hybridized carbons (Fsp3) is 0.250. The molecule has 1 heterocycles. The van der Waals surface area contributed by atoms with Crippen LogP contribution in [0.25, 0.3) is 0 Å². The van der Waals surface area contributed by atoms with Crippen molar-refractivity contribution >= 4 is 23.0 Å². The van der Waals surface area contributed by atoms with Crippen molar-refractivity contribution in [2.24, 2.45) is 7.05 Å². The van der Waals surface area contributed by atoms with Gasteiger partial charge in [0.2, 0.25) is 0 Å². The van der Waals surface area contributed by atoms with Gasteiger partial charge in [0.25, 0.3) is 0 Å². The van der Waals surface area contributed by atoms with Gasteiger partial charge in [0.1, 0.15) is 5.82 Å². The third-order valence-corrected chi connectivity index (χ3v) is 3.07. The zero-order valence-electron chi connectivity index (χ0n) is 9.89. The smallest absolute Gasteiger partial charge is 0.127 e. The summed E-state index contributed by atoms with van der Waals surface area (Å²) in [5.41, 5.74) is 7.47. The maximum atomic E-state index is 6.00. The molecule has 0 aliphatic carbocycles. The molecule has 0 bridgehead atoms. The normalized spacial score (nSPS) is 10.5. The second kappa shape index (κ2) is 4.67. The Hall–Kier alpha value is -1.68. The molecule has 0 fully saturated rings. The molecule has 0 unspecified atom stereocenters. The number of aromatic nitrogens is 2. The third-order valence-electron chi connectivity index (χ3n) is 2.74. The maximum Gasteiger partial charge on any atom is 0.127 e. The highest BCUT2D eigenvalue weighted by atomic mass is 35.5. The van der Waals surface area contributed by atoms with Crippen molar-refractivity contribution in [3.63, 3.8) is 0 Å². The summed E-state index contributed by atoms with van der Waals surface area (Å²) in [5, 5.41) is 0.578. The molecule has 0 radical (unpaired) electrons. The zero-order chi connectivity index (χ0) is 12.4. The molecule has 1 aromatic heterocycles. The summed E-state index contributed by atoms with van der Waals surface area (Å²) in [6, 6.07) is 5.63. The molecule has 0 aliphatic rings. The molecule has 4 nitrogen and oxygen atoms in total. The number of rotatable bonds is 3. The minimum atomic E-state index is 0.578. The van der Waals surface area contributed by atoms with Gasteiger partial charge in [-0.3, -0.25) is 0 Å². The highest BCUT2D eigenvalue weighted by Gasteiger charge is 2.10. The van der Waals surface area contributed by atoms with E-state index in [-0.39, 0.29) is 0 Å². The molecule has 5 heteroatoms. The van der Waals surface area contributed by atoms with Gasteiger partial charge in [-0.1, -0.05) is 17.7 Å². The van der Waals surface area contributed by atoms with E-state index >= 15 is 0 Å². The van der Waals surface area contributed by atoms with E-state index in [2.05, 4.69) is 4.98 Å². The van der Waals surface area contributed by atoms with Crippen LogP contribution >= 0.6 is 11.6 Å². The van der Waals surface area contributed by atoms with Crippen LogP contribution in [0.15, 0.2) is 30.6 Å². The Morgan fingerprint density at radius 2 is 2.24 bits per heavy atom. The van der Waals surface area contributed by atoms with Gasteiger partial charge in [-0.25, -0.2) is 4.98 Å². The van der Waals surface area contributed by atoms with Crippen molar-refractivity contribution in [2.45, 2.75) is 6.54 Å². The minimum Gasteiger partial charge on any atom is -0.396 e. The first kappa shape index (κ1) is 11.8. The summed E-state index contributed by atoms with van der Waals surface area (Å²) >= 11 is 6.00. The molecule has 0 spiro atoms. The quantitative estimate of drug-likeness (QED) is 0.851. The highest BCUT2D eigenvalue weighted by Crippen LogP contribution is 2.29. The van der Waals surface area contributed by atoms with Crippen LogP contribution in [0.4, 0.5) is 11.4 Å². The number of nitrogens with two attached hydrogens (primary N) is 1. The lowest BCUT2D eigenvalue weighted by molar-refractivity contribution is 0.762. The van der Waals surface area contributed by atoms with Crippen molar-refractivity contribution in [3.8, 4) is 0 Å². The number of hydrogen-bond acceptors (Lipinski definition) is 3. The van der Waals surface area contributed by atoms with Crippen LogP contribution < -0.4 is 10.6 Å². The van der Waals surface area contributed by atoms with Gasteiger partial charge in [0, 0.05) is 26.5 Å². The zero-order valence-corrected chi connectivity index (χ0v) is 10.6. The van der Waals surface area contributed by atoms with Gasteiger partial charge in [-0.15, -0.1) is 0 Å². The van der Waals surface area contributed by atoms with Gasteiger partial charge in [-0.05, 0) is 12.1 Å². The Morgan fingerprint density at radius 1 is 1.47 bits per heavy atom. The number of imidazole rings is 1. The van der Waals surface area contributed by atoms with E-state index in [9.17, 15) is 0 Å². The van der Waals surface area contributed by atoms with E-state index in [4.69, 9.17) is 17.3 Å². The lowest BCUT2D eigenvalue weighted by Crippen LogP contribution is -2.20. The second-order valence-corrected chi connectivity index (χ2v) is 4.39. The Balaban J connectivity index is 2.23. The molecular formula is C12H15ClN4. The first-order valence-corrected chi connectivity index (χ1v) is 5.68. The number of para-hydroxylation sites is 1. The number of nitrogen functional groups attached to an aromatic ring is 1. The second-order valence-electron chi connectivity index (χ2n) is 3.98. The Kier molecular flexibility index (Phi) is 3.24. The molecule has 0 aliphatic heterocycles. The van der Waals surface area contributed by atoms with Crippen LogP contribution in [0.3, 0.4) is 0 Å². The number of aryl methyl sites for hydroxylation is 1. The molecule has 2 N–H and O–H groups in total. The largest absolute Gasteiger partial charge is 0.396 e. The molecule has 2 rings (SSSR count). The van der Waals surface area contributed by atoms with E-state index in [1.807, 2.05) is 41.9 Å². The number of benzene rings is 1. The van der Waals surface area contributed by atoms with E-state index < -0.39 is 0 Å². The van der Waals surface area contributed by atoms with Crippen LogP contribution in [0.2, 0.25) is 5.02 Å². The Bertz CT molecular complexity index is 521. The molecule has 1 aromatic carbocycles. The number of nitrogens with zero attached hydrogens (tertiary/aromatic N) is 3. The molecule has 0 amide bonds. The van der Waals surface area contributed by atoms with Gasteiger partial charge < -0.3 is 15.2 Å². The number of anilines is 2. The molecule has 0 atom stereocenters. The van der Waals surface area contributed by atoms with Crippen LogP contribution in [0.1, 0.15) is 5.82 Å². The minimum absolute atomic E-state index is 0.578. The average Bonchev–Trinajstić information content (AvgIpc) is 2.68. The standard InChI is InChI=1S/C12H15ClN4/c1-16-7-6-15-11(16)8-17(2)10-5-3-4-9(13)12(10)14/h3-7H,8,14H2,1-2H3. The van der Waals surface area contributed by atoms with E-state index in [1.165, 1.54) is 0 Å². The molecule has 17 heavy (non-hydrogen) atoms. The lowest BCUT2D eigenvalue weighted by Gasteiger charge is -2.21. The monoisotopic (exact) mass is 250 g/mol. The average molecular weight is 251 g/mol. The topological polar surface area (TPSA) is 47.1 Å². The van der Waals surface area contributed by atoms with Crippen molar-refractivity contribution in [2.75, 3.05) is 17.7 Å². The summed E-state index contributed by atoms with van der Waals surface area (Å²) in [6.07, 6.45) is 3.70. The predicted octanol–water partition coefficient (Wildman–Crippen LogP) is 2.29. The van der Waals surface area contributed by atoms with Crippen LogP contribution in [0.5, 0.6) is 0 Å². The van der Waals surface area contributed by atoms with Crippen LogP contribution in [-0.4, -0.2) is 16.6 Å². The van der Waals surface area contributed by atoms with Crippen molar-refractivity contribution < 1.29 is 0 Å². The fourth-order valence-corrected chi connectivity index (χ4v) is 1.87. The Morgan fingerprint density at radius 3 is 2.88 bits per heavy atom. The number of halogens is 1. The lowest BCUT2D eigenvalue weighted by atomic mass is 10.2. The van der Waals surface area contributed by atoms with Gasteiger partial charge in [-0.2, -0.15) is 0 Å². The Labute approximate surface area is 106 Å². The van der Waals surface area contributed by atoms with Crippen molar-refractivity contribution in [3.05, 3.63) is 41.4 Å². The summed E-state index contributed by atoms with van der Waals surface area (Å²) in [5.74, 6) is 0.979. The predicted molar refractivity (Wildman–Crippen MR) is 71.2 cm³/mol. The first-order valence-electron chi connectivity index (χ1n) is 5.31. The van der Waals surface area contributed by atoms with Gasteiger partial charge in [0.15, 0.2) is 0 Å². The molecule has 90 valence electrons. The molecule has 0 saturated heterocycles. The fourth-order valence-electron chi connectivity index (χ4n) is 1.70. The summed E-state index contributed by atoms with van der Waals surface area (Å²) in [7, 11) is 3.94. The van der Waals surface area contributed by atoms with Crippen molar-refractivity contribution in [1.29, 1.82) is 0 Å². The summed E-state index contributed by atoms with van der Waals surface area (Å²) < 4.78 is 1.98. The molecular weight excluding hydrogens is 236 g/mol. The number of hydrogen-bond donors (Lipinski definition) is 1. The SMILES string of the molecule is CN(Cc1nccn1C)c1cccc(Cl)c1N. The first-order chi connectivity index (χ1) is 8.09. The maximum absolute atomic E-state index is 6.00. The summed E-state index contributed by atoms with van der Waals surface area (Å²) in [4.78, 5) is 6.31. The summed E-state index contributed by atoms with van der Waals surface area (Å²) in [6.45, 7) is 0.689. The highest BCUT2D eigenvalue weighted by molar-refractivity contribution is 6.33. The van der Waals surface area contributed by atoms with Gasteiger partial charge >= 0.3 is 0 Å². The van der Waals surface area contributed by atoms with Crippen LogP contribution in [0, 0.1) is 0 Å². The van der Waals surface area contributed by atoms with Crippen LogP contribution in [-0.2, 0) is 13.6 Å². The van der Waals surface area contributed by atoms with Gasteiger partial charge in [0.05, 0.1) is 22.9 Å². The molecule has 2 aromatic rings.